The number of esters is 1. The Kier molecular flexibility index (Phi) is 6.11. The quantitative estimate of drug-likeness (QED) is 0.427. The zero-order chi connectivity index (χ0) is 20.2. The number of carbonyl (C=O) groups excluding carboxylic acids is 2. The molecule has 0 aliphatic carbocycles. The number of fused-ring (bicyclic) bond motifs is 1. The molecule has 0 spiro atoms. The van der Waals surface area contributed by atoms with Crippen LogP contribution in [0.2, 0.25) is 0 Å². The number of nitrogens with zero attached hydrogens (tertiary/aromatic N) is 1. The van der Waals surface area contributed by atoms with Gasteiger partial charge < -0.3 is 10.1 Å². The number of sulfone groups is 1. The van der Waals surface area contributed by atoms with Crippen molar-refractivity contribution in [2.24, 2.45) is 0 Å². The summed E-state index contributed by atoms with van der Waals surface area (Å²) in [6, 6.07) is 7.63. The van der Waals surface area contributed by atoms with E-state index in [1.165, 1.54) is 24.3 Å². The molecule has 0 aromatic heterocycles. The van der Waals surface area contributed by atoms with Crippen LogP contribution in [0, 0.1) is 10.1 Å². The highest BCUT2D eigenvalue weighted by Gasteiger charge is 2.24. The van der Waals surface area contributed by atoms with Gasteiger partial charge in [-0.25, -0.2) is 13.2 Å². The molecule has 9 nitrogen and oxygen atoms in total. The number of carbonyl (C=O) groups is 2. The SMILES string of the molecule is COC(=O)C(CCS(C)(=O)=O)NC(=O)c1cccc2cc([N+](=O)[O-])ccc12. The fourth-order valence-corrected chi connectivity index (χ4v) is 3.21. The highest BCUT2D eigenvalue weighted by molar-refractivity contribution is 7.90. The maximum absolute atomic E-state index is 12.6. The number of benzene rings is 2. The van der Waals surface area contributed by atoms with Crippen LogP contribution in [-0.2, 0) is 19.4 Å². The van der Waals surface area contributed by atoms with E-state index in [1.54, 1.807) is 12.1 Å². The first-order chi connectivity index (χ1) is 12.6. The molecule has 2 aromatic carbocycles. The van der Waals surface area contributed by atoms with E-state index in [1.807, 2.05) is 0 Å². The lowest BCUT2D eigenvalue weighted by Gasteiger charge is -2.16. The van der Waals surface area contributed by atoms with Crippen molar-refractivity contribution in [3.05, 3.63) is 52.1 Å². The molecule has 0 fully saturated rings. The maximum atomic E-state index is 12.6. The van der Waals surface area contributed by atoms with Crippen LogP contribution in [-0.4, -0.2) is 50.4 Å². The predicted molar refractivity (Wildman–Crippen MR) is 98.2 cm³/mol. The molecule has 0 heterocycles. The summed E-state index contributed by atoms with van der Waals surface area (Å²) in [7, 11) is -2.19. The Balaban J connectivity index is 2.32. The highest BCUT2D eigenvalue weighted by Crippen LogP contribution is 2.24. The van der Waals surface area contributed by atoms with Crippen molar-refractivity contribution in [2.75, 3.05) is 19.1 Å². The number of amides is 1. The van der Waals surface area contributed by atoms with Gasteiger partial charge in [0.15, 0.2) is 0 Å². The number of nitro groups is 1. The lowest BCUT2D eigenvalue weighted by atomic mass is 10.0. The Labute approximate surface area is 155 Å². The number of hydrogen-bond acceptors (Lipinski definition) is 7. The Morgan fingerprint density at radius 1 is 1.26 bits per heavy atom. The summed E-state index contributed by atoms with van der Waals surface area (Å²) in [6.45, 7) is 0. The molecule has 0 radical (unpaired) electrons. The van der Waals surface area contributed by atoms with E-state index in [0.717, 1.165) is 13.4 Å². The fourth-order valence-electron chi connectivity index (χ4n) is 2.54. The third kappa shape index (κ3) is 5.23. The summed E-state index contributed by atoms with van der Waals surface area (Å²) in [6.07, 6.45) is 0.897. The summed E-state index contributed by atoms with van der Waals surface area (Å²) in [5.74, 6) is -1.67. The molecule has 27 heavy (non-hydrogen) atoms. The molecule has 0 aliphatic rings. The first kappa shape index (κ1) is 20.3. The number of methoxy groups -OCH3 is 1. The average Bonchev–Trinajstić information content (AvgIpc) is 2.62. The van der Waals surface area contributed by atoms with E-state index in [-0.39, 0.29) is 23.4 Å². The second kappa shape index (κ2) is 8.12. The van der Waals surface area contributed by atoms with Gasteiger partial charge >= 0.3 is 5.97 Å². The standard InChI is InChI=1S/C17H18N2O7S/c1-26-17(21)15(8-9-27(2,24)25)18-16(20)14-5-3-4-11-10-12(19(22)23)6-7-13(11)14/h3-7,10,15H,8-9H2,1-2H3,(H,18,20). The van der Waals surface area contributed by atoms with E-state index in [2.05, 4.69) is 10.1 Å². The lowest BCUT2D eigenvalue weighted by Crippen LogP contribution is -2.42. The van der Waals surface area contributed by atoms with Crippen molar-refractivity contribution in [1.29, 1.82) is 0 Å². The van der Waals surface area contributed by atoms with Crippen LogP contribution in [0.3, 0.4) is 0 Å². The second-order valence-corrected chi connectivity index (χ2v) is 8.20. The van der Waals surface area contributed by atoms with Crippen LogP contribution in [0.4, 0.5) is 5.69 Å². The van der Waals surface area contributed by atoms with E-state index in [9.17, 15) is 28.1 Å². The number of hydrogen-bond donors (Lipinski definition) is 1. The van der Waals surface area contributed by atoms with Gasteiger partial charge in [-0.1, -0.05) is 12.1 Å². The zero-order valence-corrected chi connectivity index (χ0v) is 15.5. The molecule has 1 N–H and O–H groups in total. The van der Waals surface area contributed by atoms with Gasteiger partial charge in [0.1, 0.15) is 15.9 Å². The topological polar surface area (TPSA) is 133 Å². The van der Waals surface area contributed by atoms with Gasteiger partial charge in [0.2, 0.25) is 0 Å². The summed E-state index contributed by atoms with van der Waals surface area (Å²) in [4.78, 5) is 34.9. The molecule has 0 saturated heterocycles. The molecule has 2 aromatic rings. The highest BCUT2D eigenvalue weighted by atomic mass is 32.2. The third-order valence-corrected chi connectivity index (χ3v) is 4.87. The smallest absolute Gasteiger partial charge is 0.328 e. The Bertz CT molecular complexity index is 1000. The van der Waals surface area contributed by atoms with E-state index in [4.69, 9.17) is 0 Å². The van der Waals surface area contributed by atoms with Crippen LogP contribution in [0.5, 0.6) is 0 Å². The van der Waals surface area contributed by atoms with Crippen molar-refractivity contribution in [3.8, 4) is 0 Å². The fraction of sp³-hybridized carbons (Fsp3) is 0.294. The minimum absolute atomic E-state index is 0.111. The van der Waals surface area contributed by atoms with Gasteiger partial charge in [-0.3, -0.25) is 14.9 Å². The van der Waals surface area contributed by atoms with Crippen LogP contribution < -0.4 is 5.32 Å². The van der Waals surface area contributed by atoms with Crippen molar-refractivity contribution < 1.29 is 27.7 Å². The van der Waals surface area contributed by atoms with Crippen molar-refractivity contribution in [1.82, 2.24) is 5.32 Å². The summed E-state index contributed by atoms with van der Waals surface area (Å²) in [5, 5.41) is 14.3. The molecule has 0 aliphatic heterocycles. The lowest BCUT2D eigenvalue weighted by molar-refractivity contribution is -0.384. The molecule has 2 rings (SSSR count). The number of non-ortho nitro benzene ring substituents is 1. The Hall–Kier alpha value is -3.01. The molecule has 144 valence electrons. The number of rotatable bonds is 7. The van der Waals surface area contributed by atoms with Crippen molar-refractivity contribution >= 4 is 38.2 Å². The van der Waals surface area contributed by atoms with Gasteiger partial charge in [0.25, 0.3) is 11.6 Å². The van der Waals surface area contributed by atoms with Crippen LogP contribution in [0.15, 0.2) is 36.4 Å². The maximum Gasteiger partial charge on any atom is 0.328 e. The number of nitro benzene ring substituents is 1. The molecule has 10 heteroatoms. The van der Waals surface area contributed by atoms with Gasteiger partial charge in [-0.05, 0) is 29.3 Å². The molecule has 1 amide bonds. The van der Waals surface area contributed by atoms with Crippen LogP contribution in [0.1, 0.15) is 16.8 Å². The average molecular weight is 394 g/mol. The second-order valence-electron chi connectivity index (χ2n) is 5.94. The monoisotopic (exact) mass is 394 g/mol. The normalized spacial score (nSPS) is 12.4. The third-order valence-electron chi connectivity index (χ3n) is 3.89. The van der Waals surface area contributed by atoms with Gasteiger partial charge in [-0.15, -0.1) is 0 Å². The molecule has 0 bridgehead atoms. The zero-order valence-electron chi connectivity index (χ0n) is 14.7. The van der Waals surface area contributed by atoms with Crippen LogP contribution >= 0.6 is 0 Å². The number of nitrogens with one attached hydrogen (secondary N) is 1. The first-order valence-corrected chi connectivity index (χ1v) is 9.92. The molecular formula is C17H18N2O7S. The largest absolute Gasteiger partial charge is 0.467 e. The van der Waals surface area contributed by atoms with E-state index in [0.29, 0.717) is 10.8 Å². The van der Waals surface area contributed by atoms with Gasteiger partial charge in [0, 0.05) is 24.0 Å². The molecular weight excluding hydrogens is 376 g/mol. The van der Waals surface area contributed by atoms with Gasteiger partial charge in [-0.2, -0.15) is 0 Å². The molecule has 1 unspecified atom stereocenters. The predicted octanol–water partition coefficient (Wildman–Crippen LogP) is 1.45. The molecule has 0 saturated carbocycles. The first-order valence-electron chi connectivity index (χ1n) is 7.86. The summed E-state index contributed by atoms with van der Waals surface area (Å²) >= 11 is 0. The van der Waals surface area contributed by atoms with Crippen molar-refractivity contribution in [2.45, 2.75) is 12.5 Å². The minimum atomic E-state index is -3.33. The Morgan fingerprint density at radius 3 is 2.56 bits per heavy atom. The summed E-state index contributed by atoms with van der Waals surface area (Å²) < 4.78 is 27.3. The van der Waals surface area contributed by atoms with E-state index < -0.39 is 32.7 Å². The minimum Gasteiger partial charge on any atom is -0.467 e. The van der Waals surface area contributed by atoms with Crippen LogP contribution in [0.25, 0.3) is 10.8 Å². The Morgan fingerprint density at radius 2 is 1.96 bits per heavy atom. The van der Waals surface area contributed by atoms with Crippen molar-refractivity contribution in [3.63, 3.8) is 0 Å². The summed E-state index contributed by atoms with van der Waals surface area (Å²) in [5.41, 5.74) is 0.0938. The van der Waals surface area contributed by atoms with E-state index >= 15 is 0 Å². The number of ether oxygens (including phenoxy) is 1. The molecule has 1 atom stereocenters. The van der Waals surface area contributed by atoms with Gasteiger partial charge in [0.05, 0.1) is 17.8 Å².